The second-order valence-electron chi connectivity index (χ2n) is 4.77. The molecule has 0 aliphatic heterocycles. The van der Waals surface area contributed by atoms with Crippen molar-refractivity contribution in [2.24, 2.45) is 0 Å². The van der Waals surface area contributed by atoms with Crippen LogP contribution < -0.4 is 0 Å². The Kier molecular flexibility index (Phi) is 4.35. The molecule has 0 aliphatic carbocycles. The monoisotopic (exact) mass is 268 g/mol. The Hall–Kier alpha value is -1.55. The molecule has 18 heavy (non-hydrogen) atoms. The van der Waals surface area contributed by atoms with Gasteiger partial charge in [-0.05, 0) is 32.9 Å². The van der Waals surface area contributed by atoms with Crippen LogP contribution >= 0.6 is 11.6 Å². The Labute approximate surface area is 111 Å². The standard InChI is InChI=1S/C13H15ClNO3/c1-13(2,3)18-12(17)15(4)11(16)9-6-5-7-10(14)8-9/h5-6,8H,1-4H3. The van der Waals surface area contributed by atoms with Gasteiger partial charge in [0.15, 0.2) is 0 Å². The lowest BCUT2D eigenvalue weighted by atomic mass is 10.2. The van der Waals surface area contributed by atoms with Crippen LogP contribution in [0.4, 0.5) is 4.79 Å². The average Bonchev–Trinajstić information content (AvgIpc) is 2.24. The maximum atomic E-state index is 12.0. The highest BCUT2D eigenvalue weighted by Gasteiger charge is 2.24. The molecule has 0 bridgehead atoms. The number of ether oxygens (including phenoxy) is 1. The predicted molar refractivity (Wildman–Crippen MR) is 68.6 cm³/mol. The van der Waals surface area contributed by atoms with Crippen LogP contribution in [-0.4, -0.2) is 29.5 Å². The second kappa shape index (κ2) is 5.40. The molecule has 0 fully saturated rings. The van der Waals surface area contributed by atoms with Gasteiger partial charge in [0, 0.05) is 23.7 Å². The number of halogens is 1. The van der Waals surface area contributed by atoms with Crippen LogP contribution in [0.1, 0.15) is 31.1 Å². The van der Waals surface area contributed by atoms with E-state index in [2.05, 4.69) is 6.07 Å². The molecule has 1 radical (unpaired) electrons. The summed E-state index contributed by atoms with van der Waals surface area (Å²) >= 11 is 5.74. The zero-order chi connectivity index (χ0) is 13.9. The van der Waals surface area contributed by atoms with E-state index in [-0.39, 0.29) is 0 Å². The lowest BCUT2D eigenvalue weighted by molar-refractivity contribution is 0.0285. The van der Waals surface area contributed by atoms with E-state index in [1.807, 2.05) is 0 Å². The van der Waals surface area contributed by atoms with E-state index in [9.17, 15) is 9.59 Å². The highest BCUT2D eigenvalue weighted by atomic mass is 35.5. The Morgan fingerprint density at radius 3 is 2.50 bits per heavy atom. The average molecular weight is 269 g/mol. The largest absolute Gasteiger partial charge is 0.443 e. The lowest BCUT2D eigenvalue weighted by Gasteiger charge is -2.23. The van der Waals surface area contributed by atoms with E-state index in [0.29, 0.717) is 10.6 Å². The van der Waals surface area contributed by atoms with Crippen LogP contribution in [0.2, 0.25) is 5.02 Å². The van der Waals surface area contributed by atoms with Crippen LogP contribution in [0.15, 0.2) is 18.2 Å². The Balaban J connectivity index is 2.81. The summed E-state index contributed by atoms with van der Waals surface area (Å²) in [5, 5.41) is 0.318. The van der Waals surface area contributed by atoms with Crippen LogP contribution in [0.25, 0.3) is 0 Å². The molecule has 0 aliphatic rings. The fourth-order valence-corrected chi connectivity index (χ4v) is 1.36. The molecule has 0 N–H and O–H groups in total. The van der Waals surface area contributed by atoms with Crippen LogP contribution in [0.5, 0.6) is 0 Å². The Morgan fingerprint density at radius 2 is 2.00 bits per heavy atom. The molecule has 4 nitrogen and oxygen atoms in total. The first kappa shape index (κ1) is 14.5. The van der Waals surface area contributed by atoms with Crippen molar-refractivity contribution in [1.82, 2.24) is 4.90 Å². The fraction of sp³-hybridized carbons (Fsp3) is 0.385. The van der Waals surface area contributed by atoms with E-state index in [4.69, 9.17) is 16.3 Å². The highest BCUT2D eigenvalue weighted by Crippen LogP contribution is 2.14. The molecule has 2 amide bonds. The maximum Gasteiger partial charge on any atom is 0.417 e. The van der Waals surface area contributed by atoms with Crippen molar-refractivity contribution < 1.29 is 14.3 Å². The summed E-state index contributed by atoms with van der Waals surface area (Å²) in [4.78, 5) is 24.6. The van der Waals surface area contributed by atoms with Crippen LogP contribution in [0, 0.1) is 6.07 Å². The minimum atomic E-state index is -0.698. The summed E-state index contributed by atoms with van der Waals surface area (Å²) in [5.74, 6) is -0.472. The molecule has 0 aromatic heterocycles. The Bertz CT molecular complexity index is 466. The first-order valence-corrected chi connectivity index (χ1v) is 5.77. The third-order valence-electron chi connectivity index (χ3n) is 1.99. The fourth-order valence-electron chi connectivity index (χ4n) is 1.18. The number of rotatable bonds is 1. The van der Waals surface area contributed by atoms with Crippen LogP contribution in [-0.2, 0) is 4.74 Å². The third-order valence-corrected chi connectivity index (χ3v) is 2.20. The number of benzene rings is 1. The number of amides is 2. The van der Waals surface area contributed by atoms with Gasteiger partial charge in [0.1, 0.15) is 5.60 Å². The lowest BCUT2D eigenvalue weighted by Crippen LogP contribution is -2.38. The minimum Gasteiger partial charge on any atom is -0.443 e. The van der Waals surface area contributed by atoms with Gasteiger partial charge in [-0.1, -0.05) is 17.7 Å². The predicted octanol–water partition coefficient (Wildman–Crippen LogP) is 3.15. The van der Waals surface area contributed by atoms with Crippen molar-refractivity contribution in [3.05, 3.63) is 34.9 Å². The molecule has 0 unspecified atom stereocenters. The molecule has 0 atom stereocenters. The molecule has 1 aromatic rings. The van der Waals surface area contributed by atoms with Crippen LogP contribution in [0.3, 0.4) is 0 Å². The molecule has 0 heterocycles. The normalized spacial score (nSPS) is 10.9. The third kappa shape index (κ3) is 4.04. The quantitative estimate of drug-likeness (QED) is 0.786. The van der Waals surface area contributed by atoms with Gasteiger partial charge in [-0.25, -0.2) is 9.69 Å². The van der Waals surface area contributed by atoms with E-state index in [0.717, 1.165) is 4.90 Å². The van der Waals surface area contributed by atoms with Crippen molar-refractivity contribution in [3.8, 4) is 0 Å². The summed E-state index contributed by atoms with van der Waals surface area (Å²) in [6.45, 7) is 5.20. The number of carbonyl (C=O) groups is 2. The highest BCUT2D eigenvalue weighted by molar-refractivity contribution is 6.30. The molecular formula is C13H15ClNO3. The smallest absolute Gasteiger partial charge is 0.417 e. The van der Waals surface area contributed by atoms with Crippen molar-refractivity contribution in [2.75, 3.05) is 7.05 Å². The molecule has 0 saturated heterocycles. The number of hydrogen-bond donors (Lipinski definition) is 0. The minimum absolute atomic E-state index is 0.312. The molecule has 1 aromatic carbocycles. The molecule has 5 heteroatoms. The summed E-state index contributed by atoms with van der Waals surface area (Å²) in [5.41, 5.74) is -0.333. The van der Waals surface area contributed by atoms with Crippen molar-refractivity contribution in [2.45, 2.75) is 26.4 Å². The van der Waals surface area contributed by atoms with E-state index in [1.54, 1.807) is 20.8 Å². The number of imide groups is 1. The van der Waals surface area contributed by atoms with Crippen molar-refractivity contribution in [3.63, 3.8) is 0 Å². The molecule has 0 saturated carbocycles. The van der Waals surface area contributed by atoms with Gasteiger partial charge >= 0.3 is 6.09 Å². The summed E-state index contributed by atoms with van der Waals surface area (Å²) in [6.07, 6.45) is -0.698. The van der Waals surface area contributed by atoms with Crippen molar-refractivity contribution >= 4 is 23.6 Å². The molecule has 97 valence electrons. The second-order valence-corrected chi connectivity index (χ2v) is 5.18. The molecular weight excluding hydrogens is 254 g/mol. The van der Waals surface area contributed by atoms with E-state index in [1.165, 1.54) is 25.2 Å². The van der Waals surface area contributed by atoms with Gasteiger partial charge < -0.3 is 4.74 Å². The van der Waals surface area contributed by atoms with E-state index < -0.39 is 17.6 Å². The van der Waals surface area contributed by atoms with Gasteiger partial charge in [0.25, 0.3) is 5.91 Å². The summed E-state index contributed by atoms with van der Waals surface area (Å²) in [7, 11) is 1.36. The molecule has 0 spiro atoms. The van der Waals surface area contributed by atoms with Gasteiger partial charge in [0.2, 0.25) is 0 Å². The Morgan fingerprint density at radius 1 is 1.39 bits per heavy atom. The summed E-state index contributed by atoms with van der Waals surface area (Å²) in [6, 6.07) is 7.22. The first-order chi connectivity index (χ1) is 8.20. The number of carbonyl (C=O) groups excluding carboxylic acids is 2. The van der Waals surface area contributed by atoms with Gasteiger partial charge in [-0.3, -0.25) is 4.79 Å². The van der Waals surface area contributed by atoms with Crippen molar-refractivity contribution in [1.29, 1.82) is 0 Å². The first-order valence-electron chi connectivity index (χ1n) is 5.39. The van der Waals surface area contributed by atoms with E-state index >= 15 is 0 Å². The topological polar surface area (TPSA) is 46.6 Å². The molecule has 1 rings (SSSR count). The number of nitrogens with zero attached hydrogens (tertiary/aromatic N) is 1. The zero-order valence-electron chi connectivity index (χ0n) is 10.8. The van der Waals surface area contributed by atoms with Gasteiger partial charge in [-0.2, -0.15) is 0 Å². The SMILES string of the molecule is CN(C(=O)OC(C)(C)C)C(=O)c1cc[c]c(Cl)c1. The summed E-state index contributed by atoms with van der Waals surface area (Å²) < 4.78 is 5.10. The maximum absolute atomic E-state index is 12.0. The number of hydrogen-bond acceptors (Lipinski definition) is 3. The van der Waals surface area contributed by atoms with Gasteiger partial charge in [0.05, 0.1) is 0 Å². The zero-order valence-corrected chi connectivity index (χ0v) is 11.5. The van der Waals surface area contributed by atoms with Gasteiger partial charge in [-0.15, -0.1) is 0 Å².